The number of hydrogen-bond donors (Lipinski definition) is 2. The van der Waals surface area contributed by atoms with E-state index in [0.717, 1.165) is 20.9 Å². The molecule has 3 rings (SSSR count). The summed E-state index contributed by atoms with van der Waals surface area (Å²) >= 11 is 3.59. The third-order valence-corrected chi connectivity index (χ3v) is 4.85. The van der Waals surface area contributed by atoms with E-state index in [0.29, 0.717) is 13.0 Å². The van der Waals surface area contributed by atoms with Crippen molar-refractivity contribution in [1.82, 2.24) is 9.88 Å². The van der Waals surface area contributed by atoms with Crippen LogP contribution in [0.15, 0.2) is 58.7 Å². The van der Waals surface area contributed by atoms with Crippen LogP contribution in [-0.2, 0) is 0 Å². The highest BCUT2D eigenvalue weighted by molar-refractivity contribution is 9.10. The average molecular weight is 416 g/mol. The fraction of sp³-hybridized carbons (Fsp3) is 0.333. The third-order valence-electron chi connectivity index (χ3n) is 4.21. The highest BCUT2D eigenvalue weighted by Crippen LogP contribution is 2.35. The van der Waals surface area contributed by atoms with Crippen molar-refractivity contribution < 1.29 is 9.50 Å². The van der Waals surface area contributed by atoms with Gasteiger partial charge in [-0.2, -0.15) is 0 Å². The molecule has 1 aliphatic rings. The highest BCUT2D eigenvalue weighted by atomic mass is 79.9. The first kappa shape index (κ1) is 19.2. The normalized spacial score (nSPS) is 19.7. The summed E-state index contributed by atoms with van der Waals surface area (Å²) in [4.78, 5) is 0. The number of aliphatic hydroxyl groups is 1. The predicted molar refractivity (Wildman–Crippen MR) is 103 cm³/mol. The van der Waals surface area contributed by atoms with E-state index in [4.69, 9.17) is 0 Å². The van der Waals surface area contributed by atoms with Crippen LogP contribution in [0.1, 0.15) is 12.5 Å². The van der Waals surface area contributed by atoms with E-state index in [1.54, 1.807) is 19.2 Å². The molecule has 130 valence electrons. The second kappa shape index (κ2) is 8.30. The number of aliphatic hydroxyl groups excluding tert-OH is 1. The van der Waals surface area contributed by atoms with E-state index >= 15 is 0 Å². The molecule has 0 spiro atoms. The summed E-state index contributed by atoms with van der Waals surface area (Å²) in [6, 6.07) is 7.71. The van der Waals surface area contributed by atoms with Crippen LogP contribution in [0.5, 0.6) is 0 Å². The molecular formula is C18H21BrClFN2O. The van der Waals surface area contributed by atoms with Crippen molar-refractivity contribution in [3.63, 3.8) is 0 Å². The van der Waals surface area contributed by atoms with Gasteiger partial charge in [0.25, 0.3) is 0 Å². The summed E-state index contributed by atoms with van der Waals surface area (Å²) in [6.07, 6.45) is 5.84. The number of hydrogen-bond acceptors (Lipinski definition) is 2. The molecule has 1 aromatic carbocycles. The van der Waals surface area contributed by atoms with Gasteiger partial charge in [0.15, 0.2) is 0 Å². The van der Waals surface area contributed by atoms with Gasteiger partial charge in [-0.1, -0.05) is 30.4 Å². The zero-order chi connectivity index (χ0) is 16.4. The topological polar surface area (TPSA) is 37.2 Å². The number of aromatic nitrogens is 1. The second-order valence-corrected chi connectivity index (χ2v) is 6.67. The zero-order valence-corrected chi connectivity index (χ0v) is 15.7. The van der Waals surface area contributed by atoms with Crippen LogP contribution in [0.4, 0.5) is 4.39 Å². The van der Waals surface area contributed by atoms with Crippen LogP contribution < -0.4 is 5.32 Å². The highest BCUT2D eigenvalue weighted by Gasteiger charge is 2.28. The Labute approximate surface area is 155 Å². The van der Waals surface area contributed by atoms with Crippen molar-refractivity contribution >= 4 is 39.2 Å². The summed E-state index contributed by atoms with van der Waals surface area (Å²) in [6.45, 7) is 0.437. The van der Waals surface area contributed by atoms with Gasteiger partial charge in [-0.05, 0) is 40.7 Å². The van der Waals surface area contributed by atoms with Gasteiger partial charge in [0.2, 0.25) is 0 Å². The van der Waals surface area contributed by atoms with Gasteiger partial charge in [-0.25, -0.2) is 4.39 Å². The first-order valence-electron chi connectivity index (χ1n) is 7.71. The molecule has 0 saturated heterocycles. The third kappa shape index (κ3) is 3.75. The van der Waals surface area contributed by atoms with Gasteiger partial charge >= 0.3 is 0 Å². The van der Waals surface area contributed by atoms with Crippen LogP contribution in [0, 0.1) is 0 Å². The van der Waals surface area contributed by atoms with E-state index in [1.165, 1.54) is 0 Å². The number of rotatable bonds is 5. The Hall–Kier alpha value is -1.14. The van der Waals surface area contributed by atoms with Gasteiger partial charge in [0.1, 0.15) is 6.17 Å². The number of allylic oxidation sites excluding steroid dienone is 3. The number of benzene rings is 1. The van der Waals surface area contributed by atoms with Crippen molar-refractivity contribution in [2.24, 2.45) is 0 Å². The molecule has 0 fully saturated rings. The molecule has 0 bridgehead atoms. The number of alkyl halides is 1. The molecule has 3 atom stereocenters. The monoisotopic (exact) mass is 414 g/mol. The lowest BCUT2D eigenvalue weighted by molar-refractivity contribution is 0.127. The van der Waals surface area contributed by atoms with Crippen LogP contribution in [0.3, 0.4) is 0 Å². The number of fused-ring (bicyclic) bond motifs is 1. The largest absolute Gasteiger partial charge is 0.389 e. The van der Waals surface area contributed by atoms with Crippen molar-refractivity contribution in [2.75, 3.05) is 13.6 Å². The van der Waals surface area contributed by atoms with Crippen molar-refractivity contribution in [3.05, 3.63) is 58.7 Å². The first-order chi connectivity index (χ1) is 11.1. The molecule has 0 radical (unpaired) electrons. The molecule has 1 heterocycles. The zero-order valence-electron chi connectivity index (χ0n) is 13.3. The molecule has 6 heteroatoms. The minimum absolute atomic E-state index is 0. The summed E-state index contributed by atoms with van der Waals surface area (Å²) in [7, 11) is 1.80. The Balaban J connectivity index is 0.00000208. The minimum Gasteiger partial charge on any atom is -0.389 e. The Morgan fingerprint density at radius 3 is 2.92 bits per heavy atom. The minimum atomic E-state index is -0.996. The van der Waals surface area contributed by atoms with E-state index in [9.17, 15) is 9.50 Å². The van der Waals surface area contributed by atoms with Crippen molar-refractivity contribution in [2.45, 2.75) is 24.7 Å². The Morgan fingerprint density at radius 2 is 2.21 bits per heavy atom. The molecule has 24 heavy (non-hydrogen) atoms. The van der Waals surface area contributed by atoms with Crippen LogP contribution in [0.25, 0.3) is 10.9 Å². The Morgan fingerprint density at radius 1 is 1.42 bits per heavy atom. The molecule has 1 aromatic heterocycles. The first-order valence-corrected chi connectivity index (χ1v) is 8.50. The maximum atomic E-state index is 13.8. The molecule has 2 unspecified atom stereocenters. The lowest BCUT2D eigenvalue weighted by atomic mass is 9.92. The van der Waals surface area contributed by atoms with E-state index < -0.39 is 12.3 Å². The molecule has 0 saturated carbocycles. The SMILES string of the molecule is CNCC(O)[C@H](C1=CC=CC(F)C1)n1ccc2cccc(Br)c21.Cl. The van der Waals surface area contributed by atoms with Gasteiger partial charge in [-0.3, -0.25) is 0 Å². The average Bonchev–Trinajstić information content (AvgIpc) is 2.93. The van der Waals surface area contributed by atoms with Gasteiger partial charge in [0, 0.05) is 29.0 Å². The van der Waals surface area contributed by atoms with Gasteiger partial charge in [-0.15, -0.1) is 12.4 Å². The number of likely N-dealkylation sites (N-methyl/N-ethyl adjacent to an activating group) is 1. The molecule has 1 aliphatic carbocycles. The summed E-state index contributed by atoms with van der Waals surface area (Å²) < 4.78 is 16.8. The molecule has 3 nitrogen and oxygen atoms in total. The molecule has 2 N–H and O–H groups in total. The summed E-state index contributed by atoms with van der Waals surface area (Å²) in [5.41, 5.74) is 1.91. The lowest BCUT2D eigenvalue weighted by Crippen LogP contribution is -2.34. The number of nitrogens with one attached hydrogen (secondary N) is 1. The van der Waals surface area contributed by atoms with Crippen LogP contribution >= 0.6 is 28.3 Å². The number of nitrogens with zero attached hydrogens (tertiary/aromatic N) is 1. The quantitative estimate of drug-likeness (QED) is 0.769. The van der Waals surface area contributed by atoms with Crippen molar-refractivity contribution in [1.29, 1.82) is 0 Å². The number of para-hydroxylation sites is 1. The maximum absolute atomic E-state index is 13.8. The van der Waals surface area contributed by atoms with Crippen molar-refractivity contribution in [3.8, 4) is 0 Å². The predicted octanol–water partition coefficient (Wildman–Crippen LogP) is 4.17. The molecule has 0 aliphatic heterocycles. The summed E-state index contributed by atoms with van der Waals surface area (Å²) in [5, 5.41) is 14.8. The van der Waals surface area contributed by atoms with Gasteiger partial charge in [0.05, 0.1) is 17.7 Å². The van der Waals surface area contributed by atoms with Crippen LogP contribution in [0.2, 0.25) is 0 Å². The van der Waals surface area contributed by atoms with Gasteiger partial charge < -0.3 is 15.0 Å². The Kier molecular flexibility index (Phi) is 6.63. The van der Waals surface area contributed by atoms with E-state index in [2.05, 4.69) is 21.2 Å². The smallest absolute Gasteiger partial charge is 0.122 e. The van der Waals surface area contributed by atoms with E-state index in [-0.39, 0.29) is 18.4 Å². The Bertz CT molecular complexity index is 759. The molecular weight excluding hydrogens is 395 g/mol. The van der Waals surface area contributed by atoms with E-state index in [1.807, 2.05) is 41.1 Å². The maximum Gasteiger partial charge on any atom is 0.122 e. The number of halogens is 3. The molecule has 0 amide bonds. The standard InChI is InChI=1S/C18H20BrFN2O.ClH/c1-21-11-16(23)18(13-5-2-6-14(20)10-13)22-9-8-12-4-3-7-15(19)17(12)22;/h2-9,14,16,18,21,23H,10-11H2,1H3;1H/t14?,16?,18-;/m0./s1. The van der Waals surface area contributed by atoms with Crippen LogP contribution in [-0.4, -0.2) is 35.5 Å². The second-order valence-electron chi connectivity index (χ2n) is 5.82. The molecule has 2 aromatic rings. The fourth-order valence-corrected chi connectivity index (χ4v) is 3.80. The fourth-order valence-electron chi connectivity index (χ4n) is 3.22. The summed E-state index contributed by atoms with van der Waals surface area (Å²) in [5.74, 6) is 0. The lowest BCUT2D eigenvalue weighted by Gasteiger charge is -2.30.